The van der Waals surface area contributed by atoms with Gasteiger partial charge in [-0.25, -0.2) is 9.36 Å². The highest BCUT2D eigenvalue weighted by atomic mass is 28.4. The fourth-order valence-electron chi connectivity index (χ4n) is 2.30. The normalized spacial score (nSPS) is 16.7. The van der Waals surface area contributed by atoms with E-state index in [4.69, 9.17) is 9.16 Å². The third-order valence-electron chi connectivity index (χ3n) is 3.05. The van der Waals surface area contributed by atoms with Gasteiger partial charge in [0.1, 0.15) is 19.0 Å². The van der Waals surface area contributed by atoms with Crippen molar-refractivity contribution < 1.29 is 18.9 Å². The Bertz CT molecular complexity index is 556. The molecule has 1 aliphatic rings. The molecule has 0 bridgehead atoms. The van der Waals surface area contributed by atoms with Gasteiger partial charge in [0.25, 0.3) is 0 Å². The van der Waals surface area contributed by atoms with E-state index >= 15 is 0 Å². The van der Waals surface area contributed by atoms with E-state index in [2.05, 4.69) is 4.98 Å². The van der Waals surface area contributed by atoms with Gasteiger partial charge in [0.05, 0.1) is 25.7 Å². The molecule has 0 spiro atoms. The van der Waals surface area contributed by atoms with Crippen LogP contribution >= 0.6 is 0 Å². The van der Waals surface area contributed by atoms with Crippen LogP contribution in [0.2, 0.25) is 19.6 Å². The minimum absolute atomic E-state index is 0.229. The molecule has 1 aromatic heterocycles. The number of aromatic nitrogens is 2. The van der Waals surface area contributed by atoms with Crippen molar-refractivity contribution in [1.82, 2.24) is 14.5 Å². The predicted octanol–water partition coefficient (Wildman–Crippen LogP) is 1.46. The van der Waals surface area contributed by atoms with Gasteiger partial charge in [-0.2, -0.15) is 0 Å². The van der Waals surface area contributed by atoms with Crippen LogP contribution in [0.4, 0.5) is 10.7 Å². The molecule has 1 aliphatic heterocycles. The van der Waals surface area contributed by atoms with E-state index in [1.807, 2.05) is 19.6 Å². The molecule has 10 heteroatoms. The van der Waals surface area contributed by atoms with Crippen molar-refractivity contribution in [1.29, 1.82) is 0 Å². The molecular weight excluding hydrogens is 310 g/mol. The van der Waals surface area contributed by atoms with Crippen LogP contribution in [0.1, 0.15) is 0 Å². The lowest BCUT2D eigenvalue weighted by molar-refractivity contribution is -0.397. The zero-order chi connectivity index (χ0) is 16.3. The lowest BCUT2D eigenvalue weighted by atomic mass is 10.6. The topological polar surface area (TPSA) is 99.7 Å². The van der Waals surface area contributed by atoms with Crippen molar-refractivity contribution in [2.75, 3.05) is 19.7 Å². The summed E-state index contributed by atoms with van der Waals surface area (Å²) in [6.07, 6.45) is 2.21. The molecule has 122 valence electrons. The predicted molar refractivity (Wildman–Crippen MR) is 80.0 cm³/mol. The Morgan fingerprint density at radius 1 is 1.50 bits per heavy atom. The standard InChI is InChI=1S/C12H20N4O5Si/c1-22(2,3)21-10(9-15-6-7-20-12(15)17)8-14-5-4-13-11(14)16(18)19/h4-5,10H,6-9H2,1-3H3/t10-/m0/s1/i10+2. The lowest BCUT2D eigenvalue weighted by Gasteiger charge is -2.28. The average Bonchev–Trinajstić information content (AvgIpc) is 2.97. The summed E-state index contributed by atoms with van der Waals surface area (Å²) < 4.78 is 12.4. The molecule has 9 nitrogen and oxygen atoms in total. The maximum Gasteiger partial charge on any atom is 0.434 e. The maximum atomic E-state index is 11.6. The zero-order valence-corrected chi connectivity index (χ0v) is 13.9. The molecule has 0 N–H and O–H groups in total. The quantitative estimate of drug-likeness (QED) is 0.426. The largest absolute Gasteiger partial charge is 0.448 e. The number of nitrogens with zero attached hydrogens (tertiary/aromatic N) is 4. The SMILES string of the molecule is C[Si](C)(C)O[14C@H](CN1CCOC1=O)Cn1ccnc1[N+](=O)[O-]. The molecule has 1 aromatic rings. The lowest BCUT2D eigenvalue weighted by Crippen LogP contribution is -2.42. The Kier molecular flexibility index (Phi) is 4.81. The zero-order valence-electron chi connectivity index (χ0n) is 12.9. The van der Waals surface area contributed by atoms with Crippen molar-refractivity contribution in [3.8, 4) is 0 Å². The highest BCUT2D eigenvalue weighted by Gasteiger charge is 2.30. The number of nitro groups is 1. The van der Waals surface area contributed by atoms with Crippen LogP contribution in [-0.4, -0.2) is 59.6 Å². The molecule has 1 fully saturated rings. The number of imidazole rings is 1. The number of ether oxygens (including phenoxy) is 1. The third kappa shape index (κ3) is 4.27. The molecule has 22 heavy (non-hydrogen) atoms. The average molecular weight is 330 g/mol. The van der Waals surface area contributed by atoms with Gasteiger partial charge in [0, 0.05) is 0 Å². The van der Waals surface area contributed by atoms with E-state index in [0.29, 0.717) is 19.7 Å². The summed E-state index contributed by atoms with van der Waals surface area (Å²) in [4.78, 5) is 27.3. The fourth-order valence-corrected chi connectivity index (χ4v) is 3.45. The molecule has 0 aromatic carbocycles. The van der Waals surface area contributed by atoms with Gasteiger partial charge in [-0.3, -0.25) is 0 Å². The Morgan fingerprint density at radius 3 is 2.77 bits per heavy atom. The Hall–Kier alpha value is -1.94. The summed E-state index contributed by atoms with van der Waals surface area (Å²) in [6.45, 7) is 7.59. The van der Waals surface area contributed by atoms with Gasteiger partial charge in [0.15, 0.2) is 8.32 Å². The second-order valence-electron chi connectivity index (χ2n) is 6.05. The summed E-state index contributed by atoms with van der Waals surface area (Å²) in [7, 11) is -1.87. The molecule has 1 saturated heterocycles. The number of carbonyl (C=O) groups excluding carboxylic acids is 1. The Morgan fingerprint density at radius 2 is 2.23 bits per heavy atom. The summed E-state index contributed by atoms with van der Waals surface area (Å²) in [5, 5.41) is 11.0. The van der Waals surface area contributed by atoms with Gasteiger partial charge < -0.3 is 24.2 Å². The van der Waals surface area contributed by atoms with E-state index < -0.39 is 13.2 Å². The molecule has 0 saturated carbocycles. The van der Waals surface area contributed by atoms with Crippen LogP contribution in [0.3, 0.4) is 0 Å². The molecule has 2 heterocycles. The van der Waals surface area contributed by atoms with Gasteiger partial charge >= 0.3 is 12.0 Å². The van der Waals surface area contributed by atoms with Crippen molar-refractivity contribution >= 4 is 20.4 Å². The highest BCUT2D eigenvalue weighted by molar-refractivity contribution is 6.69. The minimum Gasteiger partial charge on any atom is -0.448 e. The second kappa shape index (κ2) is 6.44. The van der Waals surface area contributed by atoms with Gasteiger partial charge in [0.2, 0.25) is 0 Å². The molecular formula is C12H20N4O5Si. The van der Waals surface area contributed by atoms with Crippen LogP contribution in [0.5, 0.6) is 0 Å². The minimum atomic E-state index is -1.87. The van der Waals surface area contributed by atoms with Crippen LogP contribution in [-0.2, 0) is 15.7 Å². The van der Waals surface area contributed by atoms with Crippen LogP contribution in [0, 0.1) is 10.1 Å². The van der Waals surface area contributed by atoms with Gasteiger partial charge in [-0.05, 0) is 24.6 Å². The molecule has 1 atom stereocenters. The molecule has 2 rings (SSSR count). The summed E-state index contributed by atoms with van der Waals surface area (Å²) in [5.74, 6) is -0.229. The monoisotopic (exact) mass is 330 g/mol. The molecule has 0 aliphatic carbocycles. The number of hydrogen-bond acceptors (Lipinski definition) is 6. The van der Waals surface area contributed by atoms with E-state index in [1.165, 1.54) is 10.8 Å². The number of hydrogen-bond donors (Lipinski definition) is 0. The van der Waals surface area contributed by atoms with Crippen molar-refractivity contribution in [3.05, 3.63) is 22.5 Å². The first-order valence-electron chi connectivity index (χ1n) is 7.01. The van der Waals surface area contributed by atoms with Gasteiger partial charge in [-0.15, -0.1) is 0 Å². The molecule has 1 amide bonds. The summed E-state index contributed by atoms with van der Waals surface area (Å²) in [5.41, 5.74) is 0. The molecule has 0 radical (unpaired) electrons. The smallest absolute Gasteiger partial charge is 0.434 e. The van der Waals surface area contributed by atoms with Crippen LogP contribution in [0.25, 0.3) is 0 Å². The maximum absolute atomic E-state index is 11.6. The number of cyclic esters (lactones) is 1. The number of amides is 1. The van der Waals surface area contributed by atoms with E-state index in [0.717, 1.165) is 0 Å². The highest BCUT2D eigenvalue weighted by Crippen LogP contribution is 2.16. The van der Waals surface area contributed by atoms with Crippen LogP contribution < -0.4 is 0 Å². The third-order valence-corrected chi connectivity index (χ3v) is 4.09. The summed E-state index contributed by atoms with van der Waals surface area (Å²) >= 11 is 0. The van der Waals surface area contributed by atoms with Crippen molar-refractivity contribution in [3.63, 3.8) is 0 Å². The van der Waals surface area contributed by atoms with Gasteiger partial charge in [-0.1, -0.05) is 4.98 Å². The van der Waals surface area contributed by atoms with Crippen molar-refractivity contribution in [2.45, 2.75) is 32.3 Å². The number of rotatable bonds is 7. The second-order valence-corrected chi connectivity index (χ2v) is 10.5. The summed E-state index contributed by atoms with van der Waals surface area (Å²) in [6, 6.07) is 0. The van der Waals surface area contributed by atoms with E-state index in [1.54, 1.807) is 11.1 Å². The van der Waals surface area contributed by atoms with Crippen molar-refractivity contribution in [2.24, 2.45) is 0 Å². The van der Waals surface area contributed by atoms with E-state index in [9.17, 15) is 14.9 Å². The van der Waals surface area contributed by atoms with E-state index in [-0.39, 0.29) is 24.7 Å². The Balaban J connectivity index is 2.11. The van der Waals surface area contributed by atoms with Crippen LogP contribution in [0.15, 0.2) is 12.4 Å². The first-order chi connectivity index (χ1) is 10.3. The first-order valence-corrected chi connectivity index (χ1v) is 10.4. The number of carbonyl (C=O) groups is 1. The fraction of sp³-hybridized carbons (Fsp3) is 0.667. The first kappa shape index (κ1) is 16.4. The Labute approximate surface area is 129 Å². The molecule has 0 unspecified atom stereocenters.